The van der Waals surface area contributed by atoms with Crippen LogP contribution in [0.2, 0.25) is 0 Å². The lowest BCUT2D eigenvalue weighted by Crippen LogP contribution is -2.36. The van der Waals surface area contributed by atoms with E-state index in [1.54, 1.807) is 25.4 Å². The minimum atomic E-state index is -1.10. The number of nitrogens with one attached hydrogen (secondary N) is 3. The molecule has 0 unspecified atom stereocenters. The molecular weight excluding hydrogens is 526 g/mol. The summed E-state index contributed by atoms with van der Waals surface area (Å²) in [6, 6.07) is 7.21. The summed E-state index contributed by atoms with van der Waals surface area (Å²) in [5.41, 5.74) is 0.493. The fourth-order valence-corrected chi connectivity index (χ4v) is 4.47. The van der Waals surface area contributed by atoms with Gasteiger partial charge in [0.15, 0.2) is 28.3 Å². The Hall–Kier alpha value is -3.90. The summed E-state index contributed by atoms with van der Waals surface area (Å²) in [6.45, 7) is 7.70. The summed E-state index contributed by atoms with van der Waals surface area (Å²) >= 11 is 1.24. The second kappa shape index (κ2) is 12.3. The van der Waals surface area contributed by atoms with Crippen LogP contribution in [0.3, 0.4) is 0 Å². The fraction of sp³-hybridized carbons (Fsp3) is 0.333. The van der Waals surface area contributed by atoms with Crippen LogP contribution >= 0.6 is 11.3 Å². The summed E-state index contributed by atoms with van der Waals surface area (Å²) in [5.74, 6) is -0.986. The number of benzene rings is 2. The Kier molecular flexibility index (Phi) is 8.87. The summed E-state index contributed by atoms with van der Waals surface area (Å²) in [6.07, 6.45) is 3.75. The number of rotatable bonds is 11. The molecule has 4 aromatic rings. The second-order valence-electron chi connectivity index (χ2n) is 9.70. The van der Waals surface area contributed by atoms with Crippen LogP contribution in [0.15, 0.2) is 42.9 Å². The molecule has 39 heavy (non-hydrogen) atoms. The number of nitrogens with zero attached hydrogens (tertiary/aromatic N) is 3. The highest BCUT2D eigenvalue weighted by Crippen LogP contribution is 2.35. The van der Waals surface area contributed by atoms with Crippen LogP contribution in [0.1, 0.15) is 32.1 Å². The molecule has 0 spiro atoms. The molecule has 206 valence electrons. The molecule has 2 aromatic heterocycles. The first-order valence-electron chi connectivity index (χ1n) is 12.3. The third-order valence-electron chi connectivity index (χ3n) is 5.49. The largest absolute Gasteiger partial charge is 0.493 e. The molecule has 0 radical (unpaired) electrons. The van der Waals surface area contributed by atoms with E-state index in [0.717, 1.165) is 19.0 Å². The van der Waals surface area contributed by atoms with Crippen LogP contribution in [-0.2, 0) is 11.2 Å². The van der Waals surface area contributed by atoms with Gasteiger partial charge in [-0.15, -0.1) is 11.3 Å². The average Bonchev–Trinajstić information content (AvgIpc) is 3.32. The number of aromatic nitrogens is 3. The number of ether oxygens (including phenoxy) is 2. The summed E-state index contributed by atoms with van der Waals surface area (Å²) in [7, 11) is 1.57. The van der Waals surface area contributed by atoms with Crippen molar-refractivity contribution in [2.24, 2.45) is 0 Å². The zero-order valence-electron chi connectivity index (χ0n) is 22.1. The van der Waals surface area contributed by atoms with Gasteiger partial charge in [0, 0.05) is 28.1 Å². The van der Waals surface area contributed by atoms with Crippen molar-refractivity contribution in [3.63, 3.8) is 0 Å². The van der Waals surface area contributed by atoms with Crippen molar-refractivity contribution < 1.29 is 23.0 Å². The molecule has 0 aliphatic carbocycles. The molecule has 2 heterocycles. The maximum absolute atomic E-state index is 13.8. The number of amides is 1. The van der Waals surface area contributed by atoms with Crippen molar-refractivity contribution in [3.8, 4) is 11.5 Å². The minimum absolute atomic E-state index is 0.0494. The zero-order chi connectivity index (χ0) is 28.0. The Labute approximate surface area is 229 Å². The molecule has 0 aliphatic heterocycles. The van der Waals surface area contributed by atoms with E-state index in [4.69, 9.17) is 9.47 Å². The normalized spacial score (nSPS) is 11.4. The molecule has 9 nitrogen and oxygen atoms in total. The molecule has 4 rings (SSSR count). The Morgan fingerprint density at radius 2 is 1.92 bits per heavy atom. The van der Waals surface area contributed by atoms with Crippen LogP contribution in [-0.4, -0.2) is 46.7 Å². The summed E-state index contributed by atoms with van der Waals surface area (Å²) < 4.78 is 38.8. The molecule has 1 amide bonds. The van der Waals surface area contributed by atoms with Gasteiger partial charge in [0.2, 0.25) is 5.91 Å². The van der Waals surface area contributed by atoms with Gasteiger partial charge in [-0.2, -0.15) is 0 Å². The van der Waals surface area contributed by atoms with Crippen molar-refractivity contribution in [3.05, 3.63) is 59.4 Å². The number of carbonyl (C=O) groups is 1. The van der Waals surface area contributed by atoms with Crippen molar-refractivity contribution in [1.29, 1.82) is 0 Å². The number of hydrogen-bond acceptors (Lipinski definition) is 9. The fourth-order valence-electron chi connectivity index (χ4n) is 3.65. The molecule has 2 aromatic carbocycles. The average molecular weight is 557 g/mol. The van der Waals surface area contributed by atoms with Gasteiger partial charge in [-0.1, -0.05) is 6.07 Å². The Morgan fingerprint density at radius 1 is 1.10 bits per heavy atom. The van der Waals surface area contributed by atoms with E-state index in [9.17, 15) is 13.6 Å². The van der Waals surface area contributed by atoms with Gasteiger partial charge in [0.25, 0.3) is 0 Å². The molecule has 0 saturated carbocycles. The van der Waals surface area contributed by atoms with E-state index < -0.39 is 17.5 Å². The van der Waals surface area contributed by atoms with E-state index in [1.807, 2.05) is 0 Å². The molecule has 0 aliphatic rings. The minimum Gasteiger partial charge on any atom is -0.493 e. The first-order valence-corrected chi connectivity index (χ1v) is 13.1. The van der Waals surface area contributed by atoms with E-state index in [1.165, 1.54) is 29.8 Å². The highest BCUT2D eigenvalue weighted by molar-refractivity contribution is 7.15. The van der Waals surface area contributed by atoms with Gasteiger partial charge < -0.3 is 25.4 Å². The molecule has 0 atom stereocenters. The van der Waals surface area contributed by atoms with Gasteiger partial charge >= 0.3 is 0 Å². The first kappa shape index (κ1) is 28.1. The standard InChI is InChI=1S/C27H30F2N6O3S/c1-27(2,3)33-9-6-10-38-22-13-20-17(12-21(22)37-4)25(32-15-31-20)35-26-30-14-16(39-26)11-23(36)34-19-8-5-7-18(28)24(19)29/h5,7-8,12-15,33H,6,9-11H2,1-4H3,(H,34,36)(H,30,31,32,35). The zero-order valence-corrected chi connectivity index (χ0v) is 22.9. The van der Waals surface area contributed by atoms with Crippen molar-refractivity contribution in [2.75, 3.05) is 30.9 Å². The third kappa shape index (κ3) is 7.58. The van der Waals surface area contributed by atoms with Crippen LogP contribution in [0.5, 0.6) is 11.5 Å². The number of anilines is 3. The predicted octanol–water partition coefficient (Wildman–Crippen LogP) is 5.45. The SMILES string of the molecule is COc1cc2c(Nc3ncc(CC(=O)Nc4cccc(F)c4F)s3)ncnc2cc1OCCCNC(C)(C)C. The first-order chi connectivity index (χ1) is 18.6. The van der Waals surface area contributed by atoms with E-state index >= 15 is 0 Å². The van der Waals surface area contributed by atoms with E-state index in [2.05, 4.69) is 51.7 Å². The number of methoxy groups -OCH3 is 1. The quantitative estimate of drug-likeness (QED) is 0.209. The van der Waals surface area contributed by atoms with E-state index in [-0.39, 0.29) is 17.6 Å². The van der Waals surface area contributed by atoms with Crippen LogP contribution in [0.4, 0.5) is 25.4 Å². The van der Waals surface area contributed by atoms with Crippen molar-refractivity contribution in [1.82, 2.24) is 20.3 Å². The molecule has 0 bridgehead atoms. The lowest BCUT2D eigenvalue weighted by Gasteiger charge is -2.20. The number of fused-ring (bicyclic) bond motifs is 1. The molecule has 3 N–H and O–H groups in total. The summed E-state index contributed by atoms with van der Waals surface area (Å²) in [5, 5.41) is 10.2. The molecular formula is C27H30F2N6O3S. The van der Waals surface area contributed by atoms with Crippen LogP contribution in [0.25, 0.3) is 10.9 Å². The monoisotopic (exact) mass is 556 g/mol. The number of carbonyl (C=O) groups excluding carboxylic acids is 1. The maximum atomic E-state index is 13.8. The lowest BCUT2D eigenvalue weighted by atomic mass is 10.1. The number of thiazole rings is 1. The van der Waals surface area contributed by atoms with Crippen molar-refractivity contribution in [2.45, 2.75) is 39.2 Å². The molecule has 0 fully saturated rings. The van der Waals surface area contributed by atoms with Gasteiger partial charge in [-0.05, 0) is 51.9 Å². The number of halogens is 2. The highest BCUT2D eigenvalue weighted by atomic mass is 32.1. The van der Waals surface area contributed by atoms with Crippen molar-refractivity contribution >= 4 is 44.8 Å². The summed E-state index contributed by atoms with van der Waals surface area (Å²) in [4.78, 5) is 26.0. The third-order valence-corrected chi connectivity index (χ3v) is 6.41. The lowest BCUT2D eigenvalue weighted by molar-refractivity contribution is -0.115. The molecule has 0 saturated heterocycles. The Bertz CT molecular complexity index is 1460. The van der Waals surface area contributed by atoms with Crippen LogP contribution < -0.4 is 25.4 Å². The topological polar surface area (TPSA) is 110 Å². The number of hydrogen-bond donors (Lipinski definition) is 3. The Morgan fingerprint density at radius 3 is 2.69 bits per heavy atom. The van der Waals surface area contributed by atoms with Gasteiger partial charge in [-0.3, -0.25) is 4.79 Å². The van der Waals surface area contributed by atoms with E-state index in [0.29, 0.717) is 44.8 Å². The Balaban J connectivity index is 1.42. The predicted molar refractivity (Wildman–Crippen MR) is 148 cm³/mol. The smallest absolute Gasteiger partial charge is 0.229 e. The van der Waals surface area contributed by atoms with Gasteiger partial charge in [0.1, 0.15) is 12.1 Å². The van der Waals surface area contributed by atoms with Gasteiger partial charge in [-0.25, -0.2) is 23.7 Å². The van der Waals surface area contributed by atoms with Gasteiger partial charge in [0.05, 0.1) is 31.3 Å². The maximum Gasteiger partial charge on any atom is 0.229 e. The second-order valence-corrected chi connectivity index (χ2v) is 10.8. The molecule has 12 heteroatoms. The van der Waals surface area contributed by atoms with Crippen LogP contribution in [0, 0.1) is 11.6 Å². The highest BCUT2D eigenvalue weighted by Gasteiger charge is 2.15.